The average molecular weight is 488 g/mol. The van der Waals surface area contributed by atoms with Gasteiger partial charge in [0.15, 0.2) is 0 Å². The molecule has 184 valence electrons. The number of hydrogen-bond donors (Lipinski definition) is 2. The molecule has 0 radical (unpaired) electrons. The van der Waals surface area contributed by atoms with Crippen molar-refractivity contribution in [2.45, 2.75) is 46.4 Å². The van der Waals surface area contributed by atoms with E-state index >= 15 is 0 Å². The fourth-order valence-corrected chi connectivity index (χ4v) is 5.01. The lowest BCUT2D eigenvalue weighted by molar-refractivity contribution is 0.00517. The normalized spacial score (nSPS) is 12.6. The summed E-state index contributed by atoms with van der Waals surface area (Å²) in [7, 11) is 1.33. The number of H-pyrrole nitrogens is 1. The van der Waals surface area contributed by atoms with Crippen LogP contribution in [0.4, 0.5) is 0 Å². The van der Waals surface area contributed by atoms with Gasteiger partial charge < -0.3 is 19.6 Å². The first-order valence-corrected chi connectivity index (χ1v) is 12.3. The molecule has 0 amide bonds. The van der Waals surface area contributed by atoms with E-state index < -0.39 is 12.1 Å². The van der Waals surface area contributed by atoms with Crippen molar-refractivity contribution in [3.8, 4) is 0 Å². The highest BCUT2D eigenvalue weighted by Gasteiger charge is 2.22. The molecule has 0 aliphatic rings. The highest BCUT2D eigenvalue weighted by molar-refractivity contribution is 7.20. The number of fused-ring (bicyclic) bond motifs is 1. The van der Waals surface area contributed by atoms with Gasteiger partial charge >= 0.3 is 5.97 Å². The summed E-state index contributed by atoms with van der Waals surface area (Å²) in [5.74, 6) is 0.405. The molecule has 0 aliphatic heterocycles. The van der Waals surface area contributed by atoms with Crippen LogP contribution in [-0.2, 0) is 29.0 Å². The molecule has 0 fully saturated rings. The SMILES string of the molecule is CCc1c(C(=O)OC)sc2nc(CN(Cc3ccccc3)C[C@H](O)COCC(C)C)[nH]c(=O)c12. The smallest absolute Gasteiger partial charge is 0.348 e. The summed E-state index contributed by atoms with van der Waals surface area (Å²) in [6, 6.07) is 9.92. The van der Waals surface area contributed by atoms with Crippen LogP contribution in [0.2, 0.25) is 0 Å². The highest BCUT2D eigenvalue weighted by Crippen LogP contribution is 2.29. The van der Waals surface area contributed by atoms with Gasteiger partial charge in [0.1, 0.15) is 15.5 Å². The topological polar surface area (TPSA) is 105 Å². The number of nitrogens with one attached hydrogen (secondary N) is 1. The maximum atomic E-state index is 12.9. The standard InChI is InChI=1S/C25H33N3O5S/c1-5-19-21-23(30)26-20(27-24(21)34-22(19)25(31)32-4)13-28(11-17-9-7-6-8-10-17)12-18(29)15-33-14-16(2)3/h6-10,16,18,29H,5,11-15H2,1-4H3,(H,26,27,30)/t18-/m0/s1. The van der Waals surface area contributed by atoms with Crippen LogP contribution in [0.15, 0.2) is 35.1 Å². The Morgan fingerprint density at radius 1 is 1.21 bits per heavy atom. The van der Waals surface area contributed by atoms with E-state index in [-0.39, 0.29) is 12.2 Å². The number of benzene rings is 1. The number of carbonyl (C=O) groups is 1. The maximum Gasteiger partial charge on any atom is 0.348 e. The Morgan fingerprint density at radius 3 is 2.59 bits per heavy atom. The Kier molecular flexibility index (Phi) is 9.35. The quantitative estimate of drug-likeness (QED) is 0.378. The van der Waals surface area contributed by atoms with Crippen molar-refractivity contribution in [1.29, 1.82) is 0 Å². The number of aromatic nitrogens is 2. The van der Waals surface area contributed by atoms with Crippen LogP contribution in [-0.4, -0.2) is 58.9 Å². The van der Waals surface area contributed by atoms with Crippen LogP contribution in [0, 0.1) is 5.92 Å². The third kappa shape index (κ3) is 6.73. The molecule has 1 atom stereocenters. The van der Waals surface area contributed by atoms with E-state index in [1.54, 1.807) is 0 Å². The van der Waals surface area contributed by atoms with Crippen LogP contribution >= 0.6 is 11.3 Å². The van der Waals surface area contributed by atoms with Gasteiger partial charge in [-0.2, -0.15) is 0 Å². The lowest BCUT2D eigenvalue weighted by Crippen LogP contribution is -2.35. The van der Waals surface area contributed by atoms with E-state index in [9.17, 15) is 14.7 Å². The molecule has 0 spiro atoms. The fourth-order valence-electron chi connectivity index (χ4n) is 3.81. The van der Waals surface area contributed by atoms with Gasteiger partial charge in [-0.25, -0.2) is 9.78 Å². The second-order valence-corrected chi connectivity index (χ2v) is 9.69. The number of aryl methyl sites for hydroxylation is 1. The maximum absolute atomic E-state index is 12.9. The number of aliphatic hydroxyl groups is 1. The summed E-state index contributed by atoms with van der Waals surface area (Å²) in [5.41, 5.74) is 1.47. The summed E-state index contributed by atoms with van der Waals surface area (Å²) < 4.78 is 10.5. The predicted octanol–water partition coefficient (Wildman–Crippen LogP) is 3.37. The first-order chi connectivity index (χ1) is 16.3. The monoisotopic (exact) mass is 487 g/mol. The summed E-state index contributed by atoms with van der Waals surface area (Å²) >= 11 is 1.17. The van der Waals surface area contributed by atoms with Crippen molar-refractivity contribution in [2.24, 2.45) is 5.92 Å². The molecule has 0 aliphatic carbocycles. The molecule has 0 bridgehead atoms. The van der Waals surface area contributed by atoms with Crippen molar-refractivity contribution < 1.29 is 19.4 Å². The largest absolute Gasteiger partial charge is 0.465 e. The van der Waals surface area contributed by atoms with Gasteiger partial charge in [-0.15, -0.1) is 11.3 Å². The molecule has 3 aromatic rings. The van der Waals surface area contributed by atoms with Crippen molar-refractivity contribution >= 4 is 27.5 Å². The second kappa shape index (κ2) is 12.2. The molecule has 0 saturated carbocycles. The van der Waals surface area contributed by atoms with Crippen molar-refractivity contribution in [2.75, 3.05) is 26.9 Å². The van der Waals surface area contributed by atoms with Crippen molar-refractivity contribution in [1.82, 2.24) is 14.9 Å². The molecule has 1 aromatic carbocycles. The molecule has 0 unspecified atom stereocenters. The predicted molar refractivity (Wildman–Crippen MR) is 133 cm³/mol. The van der Waals surface area contributed by atoms with E-state index in [0.29, 0.717) is 65.1 Å². The van der Waals surface area contributed by atoms with Crippen LogP contribution in [0.3, 0.4) is 0 Å². The molecule has 2 N–H and O–H groups in total. The number of aromatic amines is 1. The highest BCUT2D eigenvalue weighted by atomic mass is 32.1. The minimum atomic E-state index is -0.683. The minimum absolute atomic E-state index is 0.236. The third-order valence-electron chi connectivity index (χ3n) is 5.29. The van der Waals surface area contributed by atoms with E-state index in [2.05, 4.69) is 23.8 Å². The van der Waals surface area contributed by atoms with Gasteiger partial charge in [0.05, 0.1) is 31.8 Å². The van der Waals surface area contributed by atoms with Gasteiger partial charge in [0, 0.05) is 19.7 Å². The average Bonchev–Trinajstić information content (AvgIpc) is 3.18. The van der Waals surface area contributed by atoms with Crippen LogP contribution < -0.4 is 5.56 Å². The Hall–Kier alpha value is -2.59. The number of carbonyl (C=O) groups excluding carboxylic acids is 1. The molecule has 3 rings (SSSR count). The molecular weight excluding hydrogens is 454 g/mol. The first-order valence-electron chi connectivity index (χ1n) is 11.5. The summed E-state index contributed by atoms with van der Waals surface area (Å²) in [6.45, 7) is 8.09. The first kappa shape index (κ1) is 26.0. The summed E-state index contributed by atoms with van der Waals surface area (Å²) in [4.78, 5) is 35.6. The zero-order chi connectivity index (χ0) is 24.7. The number of hydrogen-bond acceptors (Lipinski definition) is 8. The van der Waals surface area contributed by atoms with Crippen molar-refractivity contribution in [3.63, 3.8) is 0 Å². The zero-order valence-electron chi connectivity index (χ0n) is 20.2. The third-order valence-corrected chi connectivity index (χ3v) is 6.39. The molecule has 8 nitrogen and oxygen atoms in total. The van der Waals surface area contributed by atoms with Crippen LogP contribution in [0.25, 0.3) is 10.2 Å². The Bertz CT molecular complexity index is 1140. The number of esters is 1. The van der Waals surface area contributed by atoms with E-state index in [0.717, 1.165) is 5.56 Å². The van der Waals surface area contributed by atoms with Crippen molar-refractivity contribution in [3.05, 3.63) is 62.5 Å². The van der Waals surface area contributed by atoms with E-state index in [4.69, 9.17) is 9.47 Å². The van der Waals surface area contributed by atoms with Crippen LogP contribution in [0.1, 0.15) is 47.4 Å². The molecule has 0 saturated heterocycles. The second-order valence-electron chi connectivity index (χ2n) is 8.69. The van der Waals surface area contributed by atoms with Gasteiger partial charge in [-0.05, 0) is 23.5 Å². The lowest BCUT2D eigenvalue weighted by Gasteiger charge is -2.25. The Morgan fingerprint density at radius 2 is 1.94 bits per heavy atom. The number of nitrogens with zero attached hydrogens (tertiary/aromatic N) is 2. The zero-order valence-corrected chi connectivity index (χ0v) is 21.0. The molecule has 9 heteroatoms. The van der Waals surface area contributed by atoms with Gasteiger partial charge in [-0.3, -0.25) is 9.69 Å². The summed E-state index contributed by atoms with van der Waals surface area (Å²) in [5, 5.41) is 11.0. The molecule has 34 heavy (non-hydrogen) atoms. The van der Waals surface area contributed by atoms with Crippen LogP contribution in [0.5, 0.6) is 0 Å². The lowest BCUT2D eigenvalue weighted by atomic mass is 10.1. The van der Waals surface area contributed by atoms with Gasteiger partial charge in [0.25, 0.3) is 5.56 Å². The number of ether oxygens (including phenoxy) is 2. The number of thiophene rings is 1. The minimum Gasteiger partial charge on any atom is -0.465 e. The number of aliphatic hydroxyl groups excluding tert-OH is 1. The van der Waals surface area contributed by atoms with Gasteiger partial charge in [-0.1, -0.05) is 51.1 Å². The summed E-state index contributed by atoms with van der Waals surface area (Å²) in [6.07, 6.45) is -0.158. The Balaban J connectivity index is 1.86. The van der Waals surface area contributed by atoms with Gasteiger partial charge in [0.2, 0.25) is 0 Å². The number of rotatable bonds is 12. The molecule has 2 heterocycles. The van der Waals surface area contributed by atoms with E-state index in [1.807, 2.05) is 42.2 Å². The fraction of sp³-hybridized carbons (Fsp3) is 0.480. The molecular formula is C25H33N3O5S. The molecule has 2 aromatic heterocycles. The van der Waals surface area contributed by atoms with E-state index in [1.165, 1.54) is 18.4 Å². The Labute approximate surface area is 203 Å². The number of methoxy groups -OCH3 is 1.